The number of pyridine rings is 1. The van der Waals surface area contributed by atoms with E-state index < -0.39 is 5.97 Å². The number of aromatic nitrogens is 1. The summed E-state index contributed by atoms with van der Waals surface area (Å²) in [6.07, 6.45) is 3.56. The number of aromatic carboxylic acids is 1. The van der Waals surface area contributed by atoms with Crippen molar-refractivity contribution in [2.24, 2.45) is 0 Å². The van der Waals surface area contributed by atoms with Crippen LogP contribution in [0.25, 0.3) is 0 Å². The van der Waals surface area contributed by atoms with E-state index in [0.29, 0.717) is 5.69 Å². The Labute approximate surface area is 105 Å². The second kappa shape index (κ2) is 5.48. The van der Waals surface area contributed by atoms with Crippen LogP contribution in [0.4, 0.5) is 5.69 Å². The molecule has 1 saturated heterocycles. The van der Waals surface area contributed by atoms with E-state index in [0.717, 1.165) is 25.9 Å². The van der Waals surface area contributed by atoms with Gasteiger partial charge in [-0.05, 0) is 25.0 Å². The molecule has 0 bridgehead atoms. The number of likely N-dealkylation sites (tertiary alicyclic amines) is 1. The van der Waals surface area contributed by atoms with Gasteiger partial charge in [0.1, 0.15) is 5.69 Å². The number of amides is 1. The topological polar surface area (TPSA) is 82.5 Å². The summed E-state index contributed by atoms with van der Waals surface area (Å²) in [6, 6.07) is 3.01. The smallest absolute Gasteiger partial charge is 0.354 e. The molecule has 18 heavy (non-hydrogen) atoms. The second-order valence-electron chi connectivity index (χ2n) is 4.18. The van der Waals surface area contributed by atoms with Gasteiger partial charge in [-0.3, -0.25) is 4.79 Å². The lowest BCUT2D eigenvalue weighted by molar-refractivity contribution is -0.128. The van der Waals surface area contributed by atoms with Crippen LogP contribution >= 0.6 is 0 Å². The maximum atomic E-state index is 11.7. The molecule has 0 radical (unpaired) electrons. The number of carbonyl (C=O) groups is 2. The molecule has 1 aromatic heterocycles. The Morgan fingerprint density at radius 3 is 2.61 bits per heavy atom. The molecule has 1 fully saturated rings. The molecule has 0 aromatic carbocycles. The summed E-state index contributed by atoms with van der Waals surface area (Å²) in [5, 5.41) is 11.6. The van der Waals surface area contributed by atoms with Gasteiger partial charge in [0.25, 0.3) is 0 Å². The van der Waals surface area contributed by atoms with Crippen molar-refractivity contribution >= 4 is 17.6 Å². The maximum absolute atomic E-state index is 11.7. The number of hydrogen-bond donors (Lipinski definition) is 2. The third kappa shape index (κ3) is 2.97. The van der Waals surface area contributed by atoms with Gasteiger partial charge in [0.15, 0.2) is 0 Å². The van der Waals surface area contributed by atoms with Gasteiger partial charge in [-0.25, -0.2) is 9.78 Å². The average Bonchev–Trinajstić information content (AvgIpc) is 2.90. The summed E-state index contributed by atoms with van der Waals surface area (Å²) in [6.45, 7) is 1.88. The maximum Gasteiger partial charge on any atom is 0.354 e. The van der Waals surface area contributed by atoms with Crippen LogP contribution in [0.2, 0.25) is 0 Å². The summed E-state index contributed by atoms with van der Waals surface area (Å²) in [5.74, 6) is -0.996. The van der Waals surface area contributed by atoms with Gasteiger partial charge in [-0.15, -0.1) is 0 Å². The minimum atomic E-state index is -1.06. The number of hydrogen-bond acceptors (Lipinski definition) is 4. The zero-order chi connectivity index (χ0) is 13.0. The minimum Gasteiger partial charge on any atom is -0.477 e. The van der Waals surface area contributed by atoms with Crippen LogP contribution in [0.3, 0.4) is 0 Å². The van der Waals surface area contributed by atoms with Gasteiger partial charge in [-0.1, -0.05) is 0 Å². The van der Waals surface area contributed by atoms with Gasteiger partial charge in [-0.2, -0.15) is 0 Å². The molecule has 1 aliphatic heterocycles. The minimum absolute atomic E-state index is 0.00794. The van der Waals surface area contributed by atoms with Gasteiger partial charge in [0.05, 0.1) is 18.4 Å². The predicted molar refractivity (Wildman–Crippen MR) is 65.5 cm³/mol. The molecule has 0 unspecified atom stereocenters. The molecule has 2 rings (SSSR count). The number of nitrogens with zero attached hydrogens (tertiary/aromatic N) is 2. The first-order chi connectivity index (χ1) is 8.66. The lowest BCUT2D eigenvalue weighted by Crippen LogP contribution is -2.32. The molecule has 2 heterocycles. The number of anilines is 1. The van der Waals surface area contributed by atoms with Crippen molar-refractivity contribution in [2.45, 2.75) is 12.8 Å². The highest BCUT2D eigenvalue weighted by atomic mass is 16.4. The SMILES string of the molecule is O=C(O)c1ccc(NCC(=O)N2CCCC2)cn1. The van der Waals surface area contributed by atoms with E-state index in [4.69, 9.17) is 5.11 Å². The van der Waals surface area contributed by atoms with Gasteiger partial charge < -0.3 is 15.3 Å². The molecule has 0 atom stereocenters. The Morgan fingerprint density at radius 2 is 2.06 bits per heavy atom. The Hall–Kier alpha value is -2.11. The largest absolute Gasteiger partial charge is 0.477 e. The molecule has 6 nitrogen and oxygen atoms in total. The van der Waals surface area contributed by atoms with Crippen molar-refractivity contribution in [2.75, 3.05) is 25.0 Å². The summed E-state index contributed by atoms with van der Waals surface area (Å²) in [7, 11) is 0. The van der Waals surface area contributed by atoms with Crippen LogP contribution in [-0.4, -0.2) is 46.5 Å². The van der Waals surface area contributed by atoms with Crippen LogP contribution in [0.15, 0.2) is 18.3 Å². The molecular weight excluding hydrogens is 234 g/mol. The average molecular weight is 249 g/mol. The highest BCUT2D eigenvalue weighted by molar-refractivity contribution is 5.85. The van der Waals surface area contributed by atoms with Crippen molar-refractivity contribution < 1.29 is 14.7 Å². The molecule has 1 aliphatic rings. The Kier molecular flexibility index (Phi) is 3.76. The zero-order valence-corrected chi connectivity index (χ0v) is 9.93. The molecule has 1 amide bonds. The summed E-state index contributed by atoms with van der Waals surface area (Å²) in [5.41, 5.74) is 0.638. The fraction of sp³-hybridized carbons (Fsp3) is 0.417. The molecule has 0 saturated carbocycles. The van der Waals surface area contributed by atoms with E-state index in [9.17, 15) is 9.59 Å². The van der Waals surface area contributed by atoms with Crippen LogP contribution in [0, 0.1) is 0 Å². The highest BCUT2D eigenvalue weighted by Crippen LogP contribution is 2.09. The van der Waals surface area contributed by atoms with E-state index in [1.807, 2.05) is 4.90 Å². The van der Waals surface area contributed by atoms with E-state index >= 15 is 0 Å². The zero-order valence-electron chi connectivity index (χ0n) is 9.93. The van der Waals surface area contributed by atoms with Crippen LogP contribution in [-0.2, 0) is 4.79 Å². The first-order valence-electron chi connectivity index (χ1n) is 5.88. The van der Waals surface area contributed by atoms with Gasteiger partial charge >= 0.3 is 5.97 Å². The van der Waals surface area contributed by atoms with E-state index in [2.05, 4.69) is 10.3 Å². The molecule has 2 N–H and O–H groups in total. The number of carboxylic acid groups (broad SMARTS) is 1. The quantitative estimate of drug-likeness (QED) is 0.825. The van der Waals surface area contributed by atoms with Crippen LogP contribution in [0.1, 0.15) is 23.3 Å². The van der Waals surface area contributed by atoms with Crippen LogP contribution in [0.5, 0.6) is 0 Å². The fourth-order valence-electron chi connectivity index (χ4n) is 1.88. The van der Waals surface area contributed by atoms with E-state index in [1.54, 1.807) is 6.07 Å². The number of rotatable bonds is 4. The van der Waals surface area contributed by atoms with Crippen molar-refractivity contribution in [1.82, 2.24) is 9.88 Å². The number of nitrogens with one attached hydrogen (secondary N) is 1. The van der Waals surface area contributed by atoms with E-state index in [-0.39, 0.29) is 18.1 Å². The predicted octanol–water partition coefficient (Wildman–Crippen LogP) is 0.814. The molecule has 6 heteroatoms. The van der Waals surface area contributed by atoms with Crippen molar-refractivity contribution in [3.63, 3.8) is 0 Å². The standard InChI is InChI=1S/C12H15N3O3/c16-11(15-5-1-2-6-15)8-13-9-3-4-10(12(17)18)14-7-9/h3-4,7,13H,1-2,5-6,8H2,(H,17,18). The molecule has 1 aromatic rings. The number of carboxylic acids is 1. The molecule has 0 aliphatic carbocycles. The second-order valence-corrected chi connectivity index (χ2v) is 4.18. The molecule has 96 valence electrons. The highest BCUT2D eigenvalue weighted by Gasteiger charge is 2.17. The number of carbonyl (C=O) groups excluding carboxylic acids is 1. The van der Waals surface area contributed by atoms with E-state index in [1.165, 1.54) is 12.3 Å². The van der Waals surface area contributed by atoms with Gasteiger partial charge in [0, 0.05) is 13.1 Å². The Balaban J connectivity index is 1.86. The third-order valence-corrected chi connectivity index (χ3v) is 2.89. The Bertz CT molecular complexity index is 438. The summed E-state index contributed by atoms with van der Waals surface area (Å²) >= 11 is 0. The third-order valence-electron chi connectivity index (χ3n) is 2.89. The van der Waals surface area contributed by atoms with Crippen molar-refractivity contribution in [1.29, 1.82) is 0 Å². The lowest BCUT2D eigenvalue weighted by Gasteiger charge is -2.15. The van der Waals surface area contributed by atoms with Crippen molar-refractivity contribution in [3.05, 3.63) is 24.0 Å². The lowest BCUT2D eigenvalue weighted by atomic mass is 10.3. The van der Waals surface area contributed by atoms with Crippen molar-refractivity contribution in [3.8, 4) is 0 Å². The summed E-state index contributed by atoms with van der Waals surface area (Å²) in [4.78, 5) is 27.9. The van der Waals surface area contributed by atoms with Crippen LogP contribution < -0.4 is 5.32 Å². The molecule has 0 spiro atoms. The normalized spacial score (nSPS) is 14.6. The molecular formula is C12H15N3O3. The monoisotopic (exact) mass is 249 g/mol. The Morgan fingerprint density at radius 1 is 1.33 bits per heavy atom. The fourth-order valence-corrected chi connectivity index (χ4v) is 1.88. The first-order valence-corrected chi connectivity index (χ1v) is 5.88. The summed E-state index contributed by atoms with van der Waals surface area (Å²) < 4.78 is 0. The first kappa shape index (κ1) is 12.3. The van der Waals surface area contributed by atoms with Gasteiger partial charge in [0.2, 0.25) is 5.91 Å².